The Morgan fingerprint density at radius 3 is 2.82 bits per heavy atom. The van der Waals surface area contributed by atoms with E-state index < -0.39 is 0 Å². The fourth-order valence-corrected chi connectivity index (χ4v) is 3.82. The monoisotopic (exact) mass is 238 g/mol. The summed E-state index contributed by atoms with van der Waals surface area (Å²) < 4.78 is 0. The van der Waals surface area contributed by atoms with Gasteiger partial charge in [0, 0.05) is 12.1 Å². The van der Waals surface area contributed by atoms with Crippen molar-refractivity contribution in [3.63, 3.8) is 0 Å². The number of nitrogens with one attached hydrogen (secondary N) is 1. The normalized spacial score (nSPS) is 31.4. The number of piperidine rings is 1. The second kappa shape index (κ2) is 6.75. The van der Waals surface area contributed by atoms with Crippen LogP contribution in [0.5, 0.6) is 0 Å². The van der Waals surface area contributed by atoms with E-state index in [9.17, 15) is 0 Å². The van der Waals surface area contributed by atoms with Gasteiger partial charge in [-0.25, -0.2) is 0 Å². The first-order chi connectivity index (χ1) is 8.33. The number of likely N-dealkylation sites (tertiary alicyclic amines) is 1. The highest BCUT2D eigenvalue weighted by molar-refractivity contribution is 4.91. The average Bonchev–Trinajstić information content (AvgIpc) is 2.82. The van der Waals surface area contributed by atoms with E-state index in [1.165, 1.54) is 64.6 Å². The fraction of sp³-hybridized carbons (Fsp3) is 1.00. The minimum Gasteiger partial charge on any atom is -0.317 e. The lowest BCUT2D eigenvalue weighted by Crippen LogP contribution is -2.48. The summed E-state index contributed by atoms with van der Waals surface area (Å²) >= 11 is 0. The van der Waals surface area contributed by atoms with E-state index in [1.54, 1.807) is 0 Å². The average molecular weight is 238 g/mol. The molecule has 2 aliphatic rings. The van der Waals surface area contributed by atoms with Crippen molar-refractivity contribution in [2.45, 2.75) is 70.9 Å². The maximum Gasteiger partial charge on any atom is 0.0126 e. The van der Waals surface area contributed by atoms with Crippen LogP contribution in [0.2, 0.25) is 0 Å². The zero-order chi connectivity index (χ0) is 12.1. The molecule has 1 saturated heterocycles. The molecule has 1 aliphatic carbocycles. The van der Waals surface area contributed by atoms with E-state index in [4.69, 9.17) is 0 Å². The van der Waals surface area contributed by atoms with Crippen molar-refractivity contribution >= 4 is 0 Å². The number of rotatable bonds is 6. The van der Waals surface area contributed by atoms with Crippen LogP contribution in [0.15, 0.2) is 0 Å². The molecule has 2 fully saturated rings. The molecule has 1 saturated carbocycles. The van der Waals surface area contributed by atoms with Crippen LogP contribution < -0.4 is 5.32 Å². The standard InChI is InChI=1S/C15H30N2/c1-3-10-16-11-9-13(2)17-12-5-7-14-6-4-8-15(14)17/h13-16H,3-12H2,1-2H3. The van der Waals surface area contributed by atoms with Gasteiger partial charge in [0.2, 0.25) is 0 Å². The summed E-state index contributed by atoms with van der Waals surface area (Å²) in [6, 6.07) is 1.72. The molecule has 0 aromatic carbocycles. The Bertz CT molecular complexity index is 217. The first kappa shape index (κ1) is 13.4. The molecule has 0 spiro atoms. The van der Waals surface area contributed by atoms with E-state index in [2.05, 4.69) is 24.1 Å². The van der Waals surface area contributed by atoms with Gasteiger partial charge >= 0.3 is 0 Å². The van der Waals surface area contributed by atoms with Crippen molar-refractivity contribution in [1.82, 2.24) is 10.2 Å². The van der Waals surface area contributed by atoms with Crippen molar-refractivity contribution < 1.29 is 0 Å². The van der Waals surface area contributed by atoms with Crippen LogP contribution in [0.25, 0.3) is 0 Å². The van der Waals surface area contributed by atoms with Crippen LogP contribution in [-0.4, -0.2) is 36.6 Å². The highest BCUT2D eigenvalue weighted by Crippen LogP contribution is 2.37. The van der Waals surface area contributed by atoms with E-state index >= 15 is 0 Å². The summed E-state index contributed by atoms with van der Waals surface area (Å²) in [6.07, 6.45) is 9.97. The maximum absolute atomic E-state index is 3.54. The molecule has 2 rings (SSSR count). The van der Waals surface area contributed by atoms with Gasteiger partial charge in [0.05, 0.1) is 0 Å². The largest absolute Gasteiger partial charge is 0.317 e. The highest BCUT2D eigenvalue weighted by atomic mass is 15.2. The summed E-state index contributed by atoms with van der Waals surface area (Å²) in [4.78, 5) is 2.83. The summed E-state index contributed by atoms with van der Waals surface area (Å²) in [5, 5.41) is 3.54. The quantitative estimate of drug-likeness (QED) is 0.716. The Morgan fingerprint density at radius 2 is 2.00 bits per heavy atom. The van der Waals surface area contributed by atoms with E-state index in [0.717, 1.165) is 18.0 Å². The van der Waals surface area contributed by atoms with Crippen molar-refractivity contribution in [1.29, 1.82) is 0 Å². The van der Waals surface area contributed by atoms with Crippen LogP contribution in [0.4, 0.5) is 0 Å². The van der Waals surface area contributed by atoms with Crippen molar-refractivity contribution in [3.05, 3.63) is 0 Å². The summed E-state index contributed by atoms with van der Waals surface area (Å²) in [6.45, 7) is 8.41. The molecule has 0 aromatic rings. The van der Waals surface area contributed by atoms with Gasteiger partial charge in [0.25, 0.3) is 0 Å². The Labute approximate surface area is 107 Å². The lowest BCUT2D eigenvalue weighted by molar-refractivity contribution is 0.0710. The van der Waals surface area contributed by atoms with E-state index in [0.29, 0.717) is 0 Å². The van der Waals surface area contributed by atoms with Gasteiger partial charge < -0.3 is 5.32 Å². The molecule has 1 N–H and O–H groups in total. The Morgan fingerprint density at radius 1 is 1.18 bits per heavy atom. The van der Waals surface area contributed by atoms with Crippen LogP contribution in [-0.2, 0) is 0 Å². The Kier molecular flexibility index (Phi) is 5.30. The van der Waals surface area contributed by atoms with Crippen LogP contribution in [0.3, 0.4) is 0 Å². The molecule has 0 aromatic heterocycles. The van der Waals surface area contributed by atoms with Crippen LogP contribution >= 0.6 is 0 Å². The molecule has 2 nitrogen and oxygen atoms in total. The van der Waals surface area contributed by atoms with Gasteiger partial charge in [0.1, 0.15) is 0 Å². The highest BCUT2D eigenvalue weighted by Gasteiger charge is 2.36. The zero-order valence-electron chi connectivity index (χ0n) is 11.8. The molecular weight excluding hydrogens is 208 g/mol. The third kappa shape index (κ3) is 3.45. The lowest BCUT2D eigenvalue weighted by Gasteiger charge is -2.41. The predicted octanol–water partition coefficient (Wildman–Crippen LogP) is 3.03. The molecular formula is C15H30N2. The van der Waals surface area contributed by atoms with Gasteiger partial charge in [-0.15, -0.1) is 0 Å². The molecule has 1 heterocycles. The second-order valence-electron chi connectivity index (χ2n) is 6.03. The molecule has 100 valence electrons. The summed E-state index contributed by atoms with van der Waals surface area (Å²) in [7, 11) is 0. The van der Waals surface area contributed by atoms with Gasteiger partial charge in [-0.05, 0) is 71.0 Å². The molecule has 3 atom stereocenters. The minimum absolute atomic E-state index is 0.783. The number of fused-ring (bicyclic) bond motifs is 1. The SMILES string of the molecule is CCCNCCC(C)N1CCCC2CCCC21. The summed E-state index contributed by atoms with van der Waals surface area (Å²) in [5.41, 5.74) is 0. The third-order valence-electron chi connectivity index (χ3n) is 4.77. The number of hydrogen-bond donors (Lipinski definition) is 1. The minimum atomic E-state index is 0.783. The van der Waals surface area contributed by atoms with Crippen molar-refractivity contribution in [2.24, 2.45) is 5.92 Å². The molecule has 2 heteroatoms. The van der Waals surface area contributed by atoms with Crippen LogP contribution in [0.1, 0.15) is 58.8 Å². The van der Waals surface area contributed by atoms with E-state index in [-0.39, 0.29) is 0 Å². The van der Waals surface area contributed by atoms with Gasteiger partial charge in [-0.2, -0.15) is 0 Å². The van der Waals surface area contributed by atoms with Gasteiger partial charge in [-0.1, -0.05) is 13.3 Å². The van der Waals surface area contributed by atoms with E-state index in [1.807, 2.05) is 0 Å². The topological polar surface area (TPSA) is 15.3 Å². The van der Waals surface area contributed by atoms with Gasteiger partial charge in [-0.3, -0.25) is 4.90 Å². The Hall–Kier alpha value is -0.0800. The second-order valence-corrected chi connectivity index (χ2v) is 6.03. The molecule has 0 radical (unpaired) electrons. The Balaban J connectivity index is 1.75. The van der Waals surface area contributed by atoms with Crippen LogP contribution in [0, 0.1) is 5.92 Å². The lowest BCUT2D eigenvalue weighted by atomic mass is 9.90. The first-order valence-corrected chi connectivity index (χ1v) is 7.79. The molecule has 17 heavy (non-hydrogen) atoms. The maximum atomic E-state index is 3.54. The molecule has 1 aliphatic heterocycles. The molecule has 0 bridgehead atoms. The van der Waals surface area contributed by atoms with Crippen molar-refractivity contribution in [3.8, 4) is 0 Å². The van der Waals surface area contributed by atoms with Gasteiger partial charge in [0.15, 0.2) is 0 Å². The number of nitrogens with zero attached hydrogens (tertiary/aromatic N) is 1. The summed E-state index contributed by atoms with van der Waals surface area (Å²) in [5.74, 6) is 1.04. The number of hydrogen-bond acceptors (Lipinski definition) is 2. The first-order valence-electron chi connectivity index (χ1n) is 7.79. The fourth-order valence-electron chi connectivity index (χ4n) is 3.82. The molecule has 3 unspecified atom stereocenters. The molecule has 0 amide bonds. The smallest absolute Gasteiger partial charge is 0.0126 e. The predicted molar refractivity (Wildman–Crippen MR) is 74.3 cm³/mol. The zero-order valence-corrected chi connectivity index (χ0v) is 11.8. The van der Waals surface area contributed by atoms with Crippen molar-refractivity contribution in [2.75, 3.05) is 19.6 Å². The third-order valence-corrected chi connectivity index (χ3v) is 4.77.